The number of hydrogen-bond donors (Lipinski definition) is 0. The third-order valence-corrected chi connectivity index (χ3v) is 5.88. The number of rotatable bonds is 6. The second-order valence-corrected chi connectivity index (χ2v) is 7.96. The van der Waals surface area contributed by atoms with Crippen LogP contribution in [0, 0.1) is 6.92 Å². The molecule has 0 spiro atoms. The van der Waals surface area contributed by atoms with Crippen LogP contribution in [-0.4, -0.2) is 31.8 Å². The van der Waals surface area contributed by atoms with Gasteiger partial charge >= 0.3 is 0 Å². The Hall–Kier alpha value is -3.65. The molecule has 2 aromatic carbocycles. The molecule has 3 aromatic heterocycles. The van der Waals surface area contributed by atoms with Crippen molar-refractivity contribution in [1.29, 1.82) is 0 Å². The van der Waals surface area contributed by atoms with E-state index >= 15 is 0 Å². The summed E-state index contributed by atoms with van der Waals surface area (Å²) in [6, 6.07) is 17.7. The predicted molar refractivity (Wildman–Crippen MR) is 118 cm³/mol. The minimum atomic E-state index is 0.497. The molecule has 7 nitrogen and oxygen atoms in total. The number of benzene rings is 2. The number of furan rings is 1. The van der Waals surface area contributed by atoms with Gasteiger partial charge in [-0.3, -0.25) is 4.57 Å². The molecule has 0 atom stereocenters. The van der Waals surface area contributed by atoms with Crippen molar-refractivity contribution in [3.8, 4) is 17.1 Å². The third-order valence-electron chi connectivity index (χ3n) is 4.88. The summed E-state index contributed by atoms with van der Waals surface area (Å²) in [6.07, 6.45) is 3.24. The summed E-state index contributed by atoms with van der Waals surface area (Å²) < 4.78 is 13.0. The minimum Gasteiger partial charge on any atom is -0.497 e. The molecule has 0 amide bonds. The van der Waals surface area contributed by atoms with Crippen LogP contribution in [0.5, 0.6) is 5.75 Å². The highest BCUT2D eigenvalue weighted by Crippen LogP contribution is 2.33. The molecule has 5 aromatic rings. The molecule has 5 rings (SSSR count). The molecule has 0 radical (unpaired) electrons. The van der Waals surface area contributed by atoms with Gasteiger partial charge in [0.25, 0.3) is 0 Å². The zero-order chi connectivity index (χ0) is 21.2. The average molecular weight is 430 g/mol. The van der Waals surface area contributed by atoms with Crippen LogP contribution in [-0.2, 0) is 6.54 Å². The van der Waals surface area contributed by atoms with E-state index in [-0.39, 0.29) is 0 Å². The van der Waals surface area contributed by atoms with Gasteiger partial charge in [-0.05, 0) is 55.1 Å². The summed E-state index contributed by atoms with van der Waals surface area (Å²) in [4.78, 5) is 8.90. The third kappa shape index (κ3) is 3.89. The first-order valence-electron chi connectivity index (χ1n) is 9.70. The molecule has 0 saturated heterocycles. The lowest BCUT2D eigenvalue weighted by molar-refractivity contribution is 0.415. The Morgan fingerprint density at radius 2 is 1.97 bits per heavy atom. The maximum absolute atomic E-state index is 5.60. The van der Waals surface area contributed by atoms with Crippen molar-refractivity contribution in [3.63, 3.8) is 0 Å². The highest BCUT2D eigenvalue weighted by molar-refractivity contribution is 7.99. The molecule has 0 saturated carbocycles. The molecule has 0 aliphatic heterocycles. The first-order chi connectivity index (χ1) is 15.2. The molecule has 154 valence electrons. The van der Waals surface area contributed by atoms with E-state index in [1.807, 2.05) is 53.1 Å². The van der Waals surface area contributed by atoms with Gasteiger partial charge < -0.3 is 9.15 Å². The topological polar surface area (TPSA) is 78.9 Å². The van der Waals surface area contributed by atoms with Gasteiger partial charge in [0.1, 0.15) is 22.9 Å². The lowest BCUT2D eigenvalue weighted by Gasteiger charge is -2.10. The van der Waals surface area contributed by atoms with Crippen LogP contribution in [0.3, 0.4) is 0 Å². The number of ether oxygens (including phenoxy) is 1. The standard InChI is InChI=1S/C23H19N5O2S/c1-15-8-9-20-19(11-15)22(25-14-24-20)31-23-27-26-21(16-5-3-6-17(12-16)29-2)28(23)13-18-7-4-10-30-18/h3-12,14H,13H2,1-2H3. The number of aromatic nitrogens is 5. The van der Waals surface area contributed by atoms with Crippen LogP contribution in [0.15, 0.2) is 81.8 Å². The Kier molecular flexibility index (Phi) is 5.13. The average Bonchev–Trinajstić information content (AvgIpc) is 3.45. The van der Waals surface area contributed by atoms with Crippen LogP contribution < -0.4 is 4.74 Å². The van der Waals surface area contributed by atoms with Gasteiger partial charge in [0.2, 0.25) is 0 Å². The number of hydrogen-bond acceptors (Lipinski definition) is 7. The molecular weight excluding hydrogens is 410 g/mol. The first kappa shape index (κ1) is 19.3. The van der Waals surface area contributed by atoms with Crippen LogP contribution in [0.2, 0.25) is 0 Å². The fraction of sp³-hybridized carbons (Fsp3) is 0.130. The Labute approximate surface area is 183 Å². The summed E-state index contributed by atoms with van der Waals surface area (Å²) in [5.74, 6) is 2.30. The van der Waals surface area contributed by atoms with Crippen LogP contribution in [0.25, 0.3) is 22.3 Å². The van der Waals surface area contributed by atoms with Crippen molar-refractivity contribution in [2.75, 3.05) is 7.11 Å². The lowest BCUT2D eigenvalue weighted by atomic mass is 10.2. The van der Waals surface area contributed by atoms with Crippen LogP contribution >= 0.6 is 11.8 Å². The molecule has 8 heteroatoms. The summed E-state index contributed by atoms with van der Waals surface area (Å²) >= 11 is 1.47. The molecule has 0 aliphatic rings. The van der Waals surface area contributed by atoms with Gasteiger partial charge in [-0.15, -0.1) is 10.2 Å². The van der Waals surface area contributed by atoms with Gasteiger partial charge in [0, 0.05) is 10.9 Å². The largest absolute Gasteiger partial charge is 0.497 e. The summed E-state index contributed by atoms with van der Waals surface area (Å²) in [5.41, 5.74) is 2.96. The van der Waals surface area contributed by atoms with E-state index < -0.39 is 0 Å². The van der Waals surface area contributed by atoms with Crippen molar-refractivity contribution in [2.24, 2.45) is 0 Å². The van der Waals surface area contributed by atoms with Crippen LogP contribution in [0.4, 0.5) is 0 Å². The van der Waals surface area contributed by atoms with E-state index in [9.17, 15) is 0 Å². The Bertz CT molecular complexity index is 1350. The lowest BCUT2D eigenvalue weighted by Crippen LogP contribution is -2.04. The zero-order valence-corrected chi connectivity index (χ0v) is 17.8. The number of nitrogens with zero attached hydrogens (tertiary/aromatic N) is 5. The maximum Gasteiger partial charge on any atom is 0.198 e. The fourth-order valence-corrected chi connectivity index (χ4v) is 4.24. The smallest absolute Gasteiger partial charge is 0.198 e. The predicted octanol–water partition coefficient (Wildman–Crippen LogP) is 5.00. The van der Waals surface area contributed by atoms with Crippen molar-refractivity contribution in [2.45, 2.75) is 23.7 Å². The fourth-order valence-electron chi connectivity index (χ4n) is 3.36. The summed E-state index contributed by atoms with van der Waals surface area (Å²) in [7, 11) is 1.65. The van der Waals surface area contributed by atoms with E-state index in [0.717, 1.165) is 49.5 Å². The summed E-state index contributed by atoms with van der Waals surface area (Å²) in [6.45, 7) is 2.55. The summed E-state index contributed by atoms with van der Waals surface area (Å²) in [5, 5.41) is 11.5. The van der Waals surface area contributed by atoms with Crippen LogP contribution in [0.1, 0.15) is 11.3 Å². The van der Waals surface area contributed by atoms with Crippen molar-refractivity contribution >= 4 is 22.7 Å². The second-order valence-electron chi connectivity index (χ2n) is 7.01. The Balaban J connectivity index is 1.60. The van der Waals surface area contributed by atoms with Crippen molar-refractivity contribution in [1.82, 2.24) is 24.7 Å². The second kappa shape index (κ2) is 8.23. The first-order valence-corrected chi connectivity index (χ1v) is 10.5. The van der Waals surface area contributed by atoms with Gasteiger partial charge in [0.15, 0.2) is 11.0 Å². The van der Waals surface area contributed by atoms with Gasteiger partial charge in [0.05, 0.1) is 25.4 Å². The van der Waals surface area contributed by atoms with E-state index in [2.05, 4.69) is 33.2 Å². The monoisotopic (exact) mass is 429 g/mol. The highest BCUT2D eigenvalue weighted by Gasteiger charge is 2.18. The van der Waals surface area contributed by atoms with E-state index in [0.29, 0.717) is 6.54 Å². The normalized spacial score (nSPS) is 11.2. The molecule has 31 heavy (non-hydrogen) atoms. The SMILES string of the molecule is COc1cccc(-c2nnc(Sc3ncnc4ccc(C)cc34)n2Cc2ccco2)c1. The molecule has 3 heterocycles. The Morgan fingerprint density at radius 1 is 1.03 bits per heavy atom. The molecule has 0 aliphatic carbocycles. The maximum atomic E-state index is 5.60. The molecule has 0 unspecified atom stereocenters. The molecule has 0 bridgehead atoms. The van der Waals surface area contributed by atoms with E-state index in [4.69, 9.17) is 9.15 Å². The van der Waals surface area contributed by atoms with Gasteiger partial charge in [-0.2, -0.15) is 0 Å². The van der Waals surface area contributed by atoms with E-state index in [1.165, 1.54) is 11.8 Å². The van der Waals surface area contributed by atoms with E-state index in [1.54, 1.807) is 19.7 Å². The molecular formula is C23H19N5O2S. The zero-order valence-electron chi connectivity index (χ0n) is 17.0. The van der Waals surface area contributed by atoms with Gasteiger partial charge in [-0.1, -0.05) is 23.8 Å². The minimum absolute atomic E-state index is 0.497. The van der Waals surface area contributed by atoms with Crippen molar-refractivity contribution < 1.29 is 9.15 Å². The number of fused-ring (bicyclic) bond motifs is 1. The number of aryl methyl sites for hydroxylation is 1. The quantitative estimate of drug-likeness (QED) is 0.352. The Morgan fingerprint density at radius 3 is 2.81 bits per heavy atom. The van der Waals surface area contributed by atoms with Crippen molar-refractivity contribution in [3.05, 3.63) is 78.5 Å². The number of methoxy groups -OCH3 is 1. The molecule has 0 fully saturated rings. The molecule has 0 N–H and O–H groups in total. The van der Waals surface area contributed by atoms with Gasteiger partial charge in [-0.25, -0.2) is 9.97 Å². The highest BCUT2D eigenvalue weighted by atomic mass is 32.2.